The Morgan fingerprint density at radius 1 is 1.32 bits per heavy atom. The Kier molecular flexibility index (Phi) is 8.87. The number of nitrogens with one attached hydrogen (secondary N) is 1. The molecule has 1 aromatic rings. The lowest BCUT2D eigenvalue weighted by molar-refractivity contribution is -0.167. The standard InChI is InChI=1S/C18H25F3N2O4S/c1-3-26-16-12-14(4-5-15(16)22-17(24)18(19,20)21)13-6-8-23(9-7-13)10-11-28-27-25-2/h4-5,12-13H,3,6-11H2,1-2H3,(H,22,24). The van der Waals surface area contributed by atoms with Crippen molar-refractivity contribution >= 4 is 23.6 Å². The topological polar surface area (TPSA) is 60.0 Å². The molecule has 1 saturated heterocycles. The zero-order chi connectivity index (χ0) is 20.6. The van der Waals surface area contributed by atoms with Crippen molar-refractivity contribution in [2.45, 2.75) is 31.9 Å². The average Bonchev–Trinajstić information content (AvgIpc) is 2.66. The fraction of sp³-hybridized carbons (Fsp3) is 0.611. The molecule has 28 heavy (non-hydrogen) atoms. The smallest absolute Gasteiger partial charge is 0.471 e. The van der Waals surface area contributed by atoms with Crippen LogP contribution in [0.1, 0.15) is 31.2 Å². The van der Waals surface area contributed by atoms with Gasteiger partial charge in [0.15, 0.2) is 0 Å². The summed E-state index contributed by atoms with van der Waals surface area (Å²) >= 11 is 1.26. The highest BCUT2D eigenvalue weighted by Gasteiger charge is 2.39. The summed E-state index contributed by atoms with van der Waals surface area (Å²) in [5.41, 5.74) is 1.03. The Morgan fingerprint density at radius 3 is 2.64 bits per heavy atom. The number of hydrogen-bond acceptors (Lipinski definition) is 6. The molecule has 1 amide bonds. The largest absolute Gasteiger partial charge is 0.492 e. The highest BCUT2D eigenvalue weighted by molar-refractivity contribution is 7.94. The van der Waals surface area contributed by atoms with Crippen LogP contribution in [-0.4, -0.2) is 56.1 Å². The third-order valence-electron chi connectivity index (χ3n) is 4.48. The minimum absolute atomic E-state index is 0.0283. The van der Waals surface area contributed by atoms with E-state index in [1.165, 1.54) is 25.2 Å². The van der Waals surface area contributed by atoms with Crippen LogP contribution in [0.2, 0.25) is 0 Å². The van der Waals surface area contributed by atoms with Gasteiger partial charge in [0.1, 0.15) is 5.75 Å². The van der Waals surface area contributed by atoms with E-state index in [1.807, 2.05) is 5.32 Å². The molecule has 6 nitrogen and oxygen atoms in total. The molecule has 1 N–H and O–H groups in total. The Labute approximate surface area is 166 Å². The highest BCUT2D eigenvalue weighted by Crippen LogP contribution is 2.34. The van der Waals surface area contributed by atoms with Crippen molar-refractivity contribution in [3.8, 4) is 5.75 Å². The molecule has 10 heteroatoms. The molecule has 158 valence electrons. The number of carbonyl (C=O) groups excluding carboxylic acids is 1. The maximum atomic E-state index is 12.5. The fourth-order valence-electron chi connectivity index (χ4n) is 3.10. The van der Waals surface area contributed by atoms with Gasteiger partial charge in [0, 0.05) is 24.3 Å². The van der Waals surface area contributed by atoms with E-state index in [1.54, 1.807) is 19.1 Å². The van der Waals surface area contributed by atoms with Gasteiger partial charge in [-0.25, -0.2) is 4.89 Å². The van der Waals surface area contributed by atoms with Crippen molar-refractivity contribution in [1.82, 2.24) is 4.90 Å². The predicted molar refractivity (Wildman–Crippen MR) is 101 cm³/mol. The number of benzene rings is 1. The van der Waals surface area contributed by atoms with Gasteiger partial charge in [-0.05, 0) is 56.5 Å². The van der Waals surface area contributed by atoms with Crippen LogP contribution in [0.3, 0.4) is 0 Å². The molecule has 0 atom stereocenters. The lowest BCUT2D eigenvalue weighted by Crippen LogP contribution is -2.34. The van der Waals surface area contributed by atoms with Gasteiger partial charge >= 0.3 is 12.1 Å². The lowest BCUT2D eigenvalue weighted by Gasteiger charge is -2.32. The van der Waals surface area contributed by atoms with Gasteiger partial charge < -0.3 is 15.0 Å². The average molecular weight is 422 g/mol. The van der Waals surface area contributed by atoms with E-state index < -0.39 is 12.1 Å². The van der Waals surface area contributed by atoms with Crippen LogP contribution in [0.4, 0.5) is 18.9 Å². The molecule has 1 aromatic carbocycles. The first-order chi connectivity index (χ1) is 13.3. The number of carbonyl (C=O) groups is 1. The first-order valence-electron chi connectivity index (χ1n) is 9.04. The minimum Gasteiger partial charge on any atom is -0.492 e. The second-order valence-corrected chi connectivity index (χ2v) is 7.09. The molecule has 1 fully saturated rings. The summed E-state index contributed by atoms with van der Waals surface area (Å²) in [6, 6.07) is 4.98. The maximum absolute atomic E-state index is 12.5. The molecule has 0 radical (unpaired) electrons. The molecule has 0 bridgehead atoms. The van der Waals surface area contributed by atoms with E-state index in [2.05, 4.69) is 9.79 Å². The second-order valence-electron chi connectivity index (χ2n) is 6.31. The van der Waals surface area contributed by atoms with Crippen LogP contribution < -0.4 is 10.1 Å². The highest BCUT2D eigenvalue weighted by atomic mass is 32.2. The van der Waals surface area contributed by atoms with E-state index in [0.717, 1.165) is 43.8 Å². The van der Waals surface area contributed by atoms with Crippen molar-refractivity contribution in [2.75, 3.05) is 44.4 Å². The third kappa shape index (κ3) is 6.84. The SMILES string of the molecule is CCOc1cc(C2CCN(CCSOOC)CC2)ccc1NC(=O)C(F)(F)F. The molecule has 1 aliphatic rings. The fourth-order valence-corrected chi connectivity index (χ4v) is 3.60. The summed E-state index contributed by atoms with van der Waals surface area (Å²) < 4.78 is 47.8. The number of nitrogens with zero attached hydrogens (tertiary/aromatic N) is 1. The Balaban J connectivity index is 1.97. The Morgan fingerprint density at radius 2 is 2.04 bits per heavy atom. The van der Waals surface area contributed by atoms with Crippen LogP contribution in [0.5, 0.6) is 5.75 Å². The molecular weight excluding hydrogens is 397 g/mol. The van der Waals surface area contributed by atoms with E-state index in [-0.39, 0.29) is 18.0 Å². The summed E-state index contributed by atoms with van der Waals surface area (Å²) in [7, 11) is 1.47. The molecule has 0 aliphatic carbocycles. The maximum Gasteiger partial charge on any atom is 0.471 e. The van der Waals surface area contributed by atoms with E-state index in [4.69, 9.17) is 9.07 Å². The number of hydrogen-bond donors (Lipinski definition) is 1. The zero-order valence-electron chi connectivity index (χ0n) is 15.9. The van der Waals surface area contributed by atoms with Crippen molar-refractivity contribution in [3.05, 3.63) is 23.8 Å². The van der Waals surface area contributed by atoms with Gasteiger partial charge in [-0.1, -0.05) is 6.07 Å². The number of anilines is 1. The van der Waals surface area contributed by atoms with Crippen molar-refractivity contribution in [2.24, 2.45) is 0 Å². The predicted octanol–water partition coefficient (Wildman–Crippen LogP) is 3.99. The van der Waals surface area contributed by atoms with E-state index in [9.17, 15) is 18.0 Å². The molecule has 0 saturated carbocycles. The Hall–Kier alpha value is -1.49. The van der Waals surface area contributed by atoms with E-state index in [0.29, 0.717) is 5.92 Å². The van der Waals surface area contributed by atoms with Crippen LogP contribution in [0.15, 0.2) is 18.2 Å². The number of rotatable bonds is 9. The third-order valence-corrected chi connectivity index (χ3v) is 5.06. The van der Waals surface area contributed by atoms with Crippen molar-refractivity contribution in [3.63, 3.8) is 0 Å². The summed E-state index contributed by atoms with van der Waals surface area (Å²) in [5.74, 6) is -0.649. The molecule has 1 heterocycles. The van der Waals surface area contributed by atoms with Crippen LogP contribution in [0.25, 0.3) is 0 Å². The van der Waals surface area contributed by atoms with Crippen LogP contribution in [-0.2, 0) is 14.0 Å². The molecule has 2 rings (SSSR count). The molecule has 0 aromatic heterocycles. The lowest BCUT2D eigenvalue weighted by atomic mass is 9.89. The number of likely N-dealkylation sites (tertiary alicyclic amines) is 1. The minimum atomic E-state index is -4.94. The van der Waals surface area contributed by atoms with Gasteiger partial charge in [0.25, 0.3) is 0 Å². The normalized spacial score (nSPS) is 16.2. The molecule has 0 spiro atoms. The summed E-state index contributed by atoms with van der Waals surface area (Å²) in [4.78, 5) is 18.1. The summed E-state index contributed by atoms with van der Waals surface area (Å²) in [6.45, 7) is 4.78. The molecule has 0 unspecified atom stereocenters. The number of piperidine rings is 1. The van der Waals surface area contributed by atoms with Crippen LogP contribution in [0, 0.1) is 0 Å². The van der Waals surface area contributed by atoms with Gasteiger partial charge in [-0.2, -0.15) is 17.5 Å². The Bertz CT molecular complexity index is 638. The molecular formula is C18H25F3N2O4S. The second kappa shape index (κ2) is 10.9. The quantitative estimate of drug-likeness (QED) is 0.281. The van der Waals surface area contributed by atoms with Crippen molar-refractivity contribution < 1.29 is 31.9 Å². The number of amides is 1. The summed E-state index contributed by atoms with van der Waals surface area (Å²) in [5, 5.41) is 1.88. The van der Waals surface area contributed by atoms with Gasteiger partial charge in [-0.15, -0.1) is 0 Å². The first kappa shape index (κ1) is 22.8. The number of alkyl halides is 3. The first-order valence-corrected chi connectivity index (χ1v) is 9.95. The van der Waals surface area contributed by atoms with Gasteiger partial charge in [0.2, 0.25) is 0 Å². The number of ether oxygens (including phenoxy) is 1. The van der Waals surface area contributed by atoms with Crippen LogP contribution >= 0.6 is 12.0 Å². The van der Waals surface area contributed by atoms with Gasteiger partial charge in [-0.3, -0.25) is 4.79 Å². The van der Waals surface area contributed by atoms with E-state index >= 15 is 0 Å². The molecule has 1 aliphatic heterocycles. The zero-order valence-corrected chi connectivity index (χ0v) is 16.7. The monoisotopic (exact) mass is 422 g/mol. The summed E-state index contributed by atoms with van der Waals surface area (Å²) in [6.07, 6.45) is -3.06. The van der Waals surface area contributed by atoms with Crippen molar-refractivity contribution in [1.29, 1.82) is 0 Å². The van der Waals surface area contributed by atoms with Gasteiger partial charge in [0.05, 0.1) is 19.4 Å². The number of halogens is 3.